The van der Waals surface area contributed by atoms with Crippen LogP contribution >= 0.6 is 0 Å². The summed E-state index contributed by atoms with van der Waals surface area (Å²) in [6, 6.07) is 30.6. The van der Waals surface area contributed by atoms with Gasteiger partial charge in [-0.05, 0) is 47.9 Å². The fraction of sp³-hybridized carbons (Fsp3) is 0.188. The van der Waals surface area contributed by atoms with Crippen LogP contribution in [0.2, 0.25) is 0 Å². The number of hydrogen-bond donors (Lipinski definition) is 0. The Morgan fingerprint density at radius 1 is 0.722 bits per heavy atom. The van der Waals surface area contributed by atoms with E-state index in [1.807, 2.05) is 0 Å². The standard InChI is InChI=1S/C17H17.C15H13.2ClH.Si.Zr/c1-11-8-9-15(13(11)3)17-12(2)10-14-6-4-5-7-16(14)17;1-11-10-13-8-4-5-9-14(13)15(11)12-6-2-3-7-12;;;;/h4-10,17H,1-3H3;2-10,15H,1H3;2*1H;;/q2*-1;;;;+2/p-2. The Balaban J connectivity index is 0.000000227. The van der Waals surface area contributed by atoms with Crippen molar-refractivity contribution in [2.45, 2.75) is 39.5 Å². The van der Waals surface area contributed by atoms with Gasteiger partial charge in [0, 0.05) is 0 Å². The van der Waals surface area contributed by atoms with Gasteiger partial charge in [-0.25, -0.2) is 12.1 Å². The molecule has 0 nitrogen and oxygen atoms in total. The molecule has 4 aromatic rings. The van der Waals surface area contributed by atoms with E-state index in [9.17, 15) is 0 Å². The molecule has 0 heterocycles. The fourth-order valence-corrected chi connectivity index (χ4v) is 5.40. The number of rotatable bonds is 2. The Kier molecular flexibility index (Phi) is 11.6. The van der Waals surface area contributed by atoms with Crippen LogP contribution in [0, 0.1) is 13.8 Å². The van der Waals surface area contributed by atoms with E-state index in [1.54, 1.807) is 0 Å². The SMILES string of the molecule is CC1=Cc2ccccc2C1c1cc[c-](C)c1C.CC1=Cc2ccccc2C1c1cc[cH-]c1.[Cl-].[Cl-].[Si]=[Zr+2]. The van der Waals surface area contributed by atoms with Crippen LogP contribution in [0.5, 0.6) is 0 Å². The zero-order valence-corrected chi connectivity index (χ0v) is 26.1. The van der Waals surface area contributed by atoms with Gasteiger partial charge >= 0.3 is 30.2 Å². The molecule has 0 saturated carbocycles. The van der Waals surface area contributed by atoms with E-state index in [4.69, 9.17) is 0 Å². The summed E-state index contributed by atoms with van der Waals surface area (Å²) in [7, 11) is 0. The summed E-state index contributed by atoms with van der Waals surface area (Å²) < 4.78 is 0. The second-order valence-electron chi connectivity index (χ2n) is 9.22. The van der Waals surface area contributed by atoms with Crippen LogP contribution in [0.15, 0.2) is 96.1 Å². The first-order valence-electron chi connectivity index (χ1n) is 11.8. The first-order chi connectivity index (χ1) is 16.5. The molecule has 2 unspecified atom stereocenters. The Morgan fingerprint density at radius 2 is 1.25 bits per heavy atom. The number of hydrogen-bond acceptors (Lipinski definition) is 0. The van der Waals surface area contributed by atoms with Crippen molar-refractivity contribution in [1.29, 1.82) is 0 Å². The minimum absolute atomic E-state index is 0. The van der Waals surface area contributed by atoms with Crippen molar-refractivity contribution in [3.05, 3.63) is 141 Å². The third-order valence-corrected chi connectivity index (χ3v) is 7.16. The summed E-state index contributed by atoms with van der Waals surface area (Å²) in [5, 5.41) is 0. The number of allylic oxidation sites excluding steroid dienone is 2. The normalized spacial score (nSPS) is 16.5. The van der Waals surface area contributed by atoms with Crippen LogP contribution in [0.3, 0.4) is 0 Å². The summed E-state index contributed by atoms with van der Waals surface area (Å²) >= 11 is 1.36. The molecule has 2 aliphatic rings. The second kappa shape index (κ2) is 13.7. The molecule has 0 bridgehead atoms. The number of aryl methyl sites for hydroxylation is 1. The summed E-state index contributed by atoms with van der Waals surface area (Å²) in [4.78, 5) is 0. The first kappa shape index (κ1) is 30.5. The third kappa shape index (κ3) is 6.05. The van der Waals surface area contributed by atoms with Gasteiger partial charge in [0.05, 0.1) is 0 Å². The zero-order chi connectivity index (χ0) is 24.2. The Morgan fingerprint density at radius 3 is 1.75 bits per heavy atom. The third-order valence-electron chi connectivity index (χ3n) is 7.16. The first-order valence-corrected chi connectivity index (χ1v) is 16.0. The zero-order valence-electron chi connectivity index (χ0n) is 21.1. The molecule has 0 aliphatic heterocycles. The minimum atomic E-state index is 0. The van der Waals surface area contributed by atoms with Crippen LogP contribution < -0.4 is 24.8 Å². The van der Waals surface area contributed by atoms with Crippen LogP contribution in [0.1, 0.15) is 70.2 Å². The monoisotopic (exact) mass is 602 g/mol. The van der Waals surface area contributed by atoms with Crippen LogP contribution in [0.25, 0.3) is 12.2 Å². The number of benzene rings is 2. The molecule has 2 atom stereocenters. The summed E-state index contributed by atoms with van der Waals surface area (Å²) in [6.45, 7) is 12.0. The molecule has 0 fully saturated rings. The van der Waals surface area contributed by atoms with E-state index in [2.05, 4.69) is 132 Å². The van der Waals surface area contributed by atoms with E-state index < -0.39 is 0 Å². The van der Waals surface area contributed by atoms with Gasteiger partial charge in [0.2, 0.25) is 0 Å². The molecule has 0 N–H and O–H groups in total. The van der Waals surface area contributed by atoms with Gasteiger partial charge in [0.1, 0.15) is 0 Å². The van der Waals surface area contributed by atoms with Crippen LogP contribution in [-0.2, 0) is 23.3 Å². The number of fused-ring (bicyclic) bond motifs is 2. The molecule has 4 aromatic carbocycles. The Hall–Kier alpha value is -1.70. The fourth-order valence-electron chi connectivity index (χ4n) is 5.40. The quantitative estimate of drug-likeness (QED) is 0.243. The summed E-state index contributed by atoms with van der Waals surface area (Å²) in [5.41, 5.74) is 14.3. The summed E-state index contributed by atoms with van der Waals surface area (Å²) in [5.74, 6) is 0.955. The van der Waals surface area contributed by atoms with Gasteiger partial charge < -0.3 is 24.8 Å². The van der Waals surface area contributed by atoms with E-state index in [-0.39, 0.29) is 24.8 Å². The molecule has 6 rings (SSSR count). The predicted octanol–water partition coefficient (Wildman–Crippen LogP) is 2.15. The van der Waals surface area contributed by atoms with Crippen LogP contribution in [-0.4, -0.2) is 6.88 Å². The molecule has 0 spiro atoms. The van der Waals surface area contributed by atoms with E-state index >= 15 is 0 Å². The van der Waals surface area contributed by atoms with Crippen LogP contribution in [0.4, 0.5) is 0 Å². The topological polar surface area (TPSA) is 0 Å². The van der Waals surface area contributed by atoms with Crippen molar-refractivity contribution < 1.29 is 48.1 Å². The van der Waals surface area contributed by atoms with Gasteiger partial charge in [-0.2, -0.15) is 46.5 Å². The average molecular weight is 605 g/mol. The van der Waals surface area contributed by atoms with Gasteiger partial charge in [-0.15, -0.1) is 0 Å². The van der Waals surface area contributed by atoms with Crippen molar-refractivity contribution >= 4 is 19.0 Å². The van der Waals surface area contributed by atoms with Crippen molar-refractivity contribution in [2.75, 3.05) is 0 Å². The van der Waals surface area contributed by atoms with Crippen molar-refractivity contribution in [3.8, 4) is 0 Å². The summed E-state index contributed by atoms with van der Waals surface area (Å²) in [6.07, 6.45) is 4.62. The molecule has 2 radical (unpaired) electrons. The van der Waals surface area contributed by atoms with Gasteiger partial charge in [-0.1, -0.05) is 85.7 Å². The Labute approximate surface area is 245 Å². The molecular formula is C32H30Cl2SiZr-2. The molecule has 2 aliphatic carbocycles. The molecule has 36 heavy (non-hydrogen) atoms. The maximum atomic E-state index is 3.06. The molecule has 182 valence electrons. The van der Waals surface area contributed by atoms with Gasteiger partial charge in [0.15, 0.2) is 0 Å². The average Bonchev–Trinajstić information content (AvgIpc) is 3.62. The van der Waals surface area contributed by atoms with Crippen molar-refractivity contribution in [2.24, 2.45) is 0 Å². The predicted molar refractivity (Wildman–Crippen MR) is 143 cm³/mol. The molecular weight excluding hydrogens is 575 g/mol. The van der Waals surface area contributed by atoms with E-state index in [0.29, 0.717) is 11.8 Å². The molecule has 4 heteroatoms. The van der Waals surface area contributed by atoms with Gasteiger partial charge in [0.25, 0.3) is 0 Å². The van der Waals surface area contributed by atoms with Crippen molar-refractivity contribution in [3.63, 3.8) is 0 Å². The molecule has 0 amide bonds. The maximum absolute atomic E-state index is 3.06. The van der Waals surface area contributed by atoms with Crippen molar-refractivity contribution in [1.82, 2.24) is 0 Å². The van der Waals surface area contributed by atoms with E-state index in [1.165, 1.54) is 79.0 Å². The molecule has 0 aromatic heterocycles. The van der Waals surface area contributed by atoms with E-state index in [0.717, 1.165) is 0 Å². The molecule has 0 saturated heterocycles. The second-order valence-corrected chi connectivity index (χ2v) is 9.22. The van der Waals surface area contributed by atoms with Gasteiger partial charge in [-0.3, -0.25) is 0 Å². The number of halogens is 2. The Bertz CT molecular complexity index is 1340.